The van der Waals surface area contributed by atoms with E-state index in [1.165, 1.54) is 67.4 Å². The molecule has 0 radical (unpaired) electrons. The third-order valence-corrected chi connectivity index (χ3v) is 6.45. The van der Waals surface area contributed by atoms with E-state index < -0.39 is 0 Å². The van der Waals surface area contributed by atoms with Gasteiger partial charge in [0.05, 0.1) is 18.0 Å². The molecule has 0 amide bonds. The molecule has 23 heavy (non-hydrogen) atoms. The smallest absolute Gasteiger partial charge is 0.137 e. The van der Waals surface area contributed by atoms with Crippen molar-refractivity contribution in [2.24, 2.45) is 10.9 Å². The third kappa shape index (κ3) is 3.03. The largest absolute Gasteiger partial charge is 0.492 e. The lowest BCUT2D eigenvalue weighted by atomic mass is 9.98. The van der Waals surface area contributed by atoms with E-state index in [2.05, 4.69) is 22.5 Å². The maximum Gasteiger partial charge on any atom is 0.137 e. The molecule has 122 valence electrons. The lowest BCUT2D eigenvalue weighted by molar-refractivity contribution is 0.133. The van der Waals surface area contributed by atoms with Crippen LogP contribution < -0.4 is 9.89 Å². The van der Waals surface area contributed by atoms with Crippen molar-refractivity contribution >= 4 is 17.1 Å². The van der Waals surface area contributed by atoms with Crippen LogP contribution in [0.15, 0.2) is 23.0 Å². The summed E-state index contributed by atoms with van der Waals surface area (Å²) in [5.41, 5.74) is 4.63. The van der Waals surface area contributed by atoms with Gasteiger partial charge in [0.1, 0.15) is 10.4 Å². The molecule has 4 heteroatoms. The topological polar surface area (TPSA) is 24.8 Å². The zero-order valence-electron chi connectivity index (χ0n) is 13.8. The monoisotopic (exact) mass is 328 g/mol. The molecule has 0 bridgehead atoms. The van der Waals surface area contributed by atoms with Gasteiger partial charge in [-0.2, -0.15) is 0 Å². The van der Waals surface area contributed by atoms with E-state index in [1.54, 1.807) is 6.20 Å². The van der Waals surface area contributed by atoms with Gasteiger partial charge in [0.25, 0.3) is 0 Å². The van der Waals surface area contributed by atoms with Crippen LogP contribution in [0.1, 0.15) is 36.6 Å². The van der Waals surface area contributed by atoms with Crippen molar-refractivity contribution in [1.29, 1.82) is 0 Å². The van der Waals surface area contributed by atoms with E-state index in [0.717, 1.165) is 17.0 Å². The molecule has 0 N–H and O–H groups in total. The highest BCUT2D eigenvalue weighted by molar-refractivity contribution is 7.09. The molecule has 3 nitrogen and oxygen atoms in total. The van der Waals surface area contributed by atoms with E-state index in [9.17, 15) is 0 Å². The fraction of sp³-hybridized carbons (Fsp3) is 0.579. The predicted molar refractivity (Wildman–Crippen MR) is 94.0 cm³/mol. The molecule has 1 aromatic heterocycles. The first-order chi connectivity index (χ1) is 11.3. The Kier molecular flexibility index (Phi) is 4.39. The first kappa shape index (κ1) is 15.2. The quantitative estimate of drug-likeness (QED) is 0.793. The summed E-state index contributed by atoms with van der Waals surface area (Å²) in [6.45, 7) is 6.67. The fourth-order valence-corrected chi connectivity index (χ4v) is 5.05. The molecule has 0 unspecified atom stereocenters. The maximum atomic E-state index is 6.29. The first-order valence-electron chi connectivity index (χ1n) is 8.84. The number of thiophene rings is 1. The van der Waals surface area contributed by atoms with Gasteiger partial charge in [-0.05, 0) is 63.2 Å². The second-order valence-corrected chi connectivity index (χ2v) is 7.74. The standard InChI is InChI=1S/C19H24N2OS/c1-2-21-11-8-14(9-12-21)13-22-16-6-4-10-20-19-18(16)15-5-3-7-17(15)23-19/h6,10,14H,2-3,5,7-9,11-13H2,1H3. The molecular weight excluding hydrogens is 304 g/mol. The molecule has 0 atom stereocenters. The van der Waals surface area contributed by atoms with Crippen molar-refractivity contribution in [1.82, 2.24) is 4.90 Å². The van der Waals surface area contributed by atoms with Crippen molar-refractivity contribution in [2.45, 2.75) is 39.0 Å². The number of rotatable bonds is 4. The Bertz CT molecular complexity index is 762. The van der Waals surface area contributed by atoms with Crippen molar-refractivity contribution in [3.8, 4) is 0 Å². The predicted octanol–water partition coefficient (Wildman–Crippen LogP) is 2.40. The Hall–Kier alpha value is -1.35. The number of aryl methyl sites for hydroxylation is 1. The van der Waals surface area contributed by atoms with Gasteiger partial charge in [-0.1, -0.05) is 12.7 Å². The maximum absolute atomic E-state index is 6.29. The molecule has 3 heterocycles. The van der Waals surface area contributed by atoms with E-state index >= 15 is 0 Å². The Balaban J connectivity index is 1.55. The Morgan fingerprint density at radius 2 is 2.22 bits per heavy atom. The number of hydrogen-bond acceptors (Lipinski definition) is 4. The molecule has 0 saturated carbocycles. The lowest BCUT2D eigenvalue weighted by Gasteiger charge is -2.30. The van der Waals surface area contributed by atoms with Crippen LogP contribution in [0.5, 0.6) is 0 Å². The average molecular weight is 328 g/mol. The van der Waals surface area contributed by atoms with Crippen LogP contribution in [0.3, 0.4) is 0 Å². The molecule has 4 rings (SSSR count). The Morgan fingerprint density at radius 3 is 3.04 bits per heavy atom. The van der Waals surface area contributed by atoms with Crippen LogP contribution in [-0.4, -0.2) is 31.1 Å². The molecule has 0 spiro atoms. The van der Waals surface area contributed by atoms with Gasteiger partial charge in [0.15, 0.2) is 0 Å². The minimum absolute atomic E-state index is 0.679. The summed E-state index contributed by atoms with van der Waals surface area (Å²) in [6, 6.07) is 0. The van der Waals surface area contributed by atoms with Crippen molar-refractivity contribution in [3.63, 3.8) is 0 Å². The lowest BCUT2D eigenvalue weighted by Crippen LogP contribution is -2.35. The van der Waals surface area contributed by atoms with Crippen LogP contribution in [-0.2, 0) is 17.6 Å². The SMILES string of the molecule is CCN1CCC(COC2=c3c4c(sc3=NC=C=C2)CCC4)CC1. The first-order valence-corrected chi connectivity index (χ1v) is 9.65. The van der Waals surface area contributed by atoms with Crippen LogP contribution in [0, 0.1) is 5.92 Å². The second kappa shape index (κ2) is 6.64. The van der Waals surface area contributed by atoms with Crippen molar-refractivity contribution in [2.75, 3.05) is 26.2 Å². The van der Waals surface area contributed by atoms with Crippen LogP contribution in [0.25, 0.3) is 5.76 Å². The van der Waals surface area contributed by atoms with Gasteiger partial charge in [-0.15, -0.1) is 11.3 Å². The number of nitrogens with zero attached hydrogens (tertiary/aromatic N) is 2. The van der Waals surface area contributed by atoms with Gasteiger partial charge in [0.2, 0.25) is 0 Å². The molecule has 2 aliphatic heterocycles. The van der Waals surface area contributed by atoms with Gasteiger partial charge in [0, 0.05) is 11.0 Å². The Labute approximate surface area is 141 Å². The number of likely N-dealkylation sites (tertiary alicyclic amines) is 1. The number of ether oxygens (including phenoxy) is 1. The van der Waals surface area contributed by atoms with Gasteiger partial charge in [-0.25, -0.2) is 4.99 Å². The molecule has 1 saturated heterocycles. The highest BCUT2D eigenvalue weighted by Gasteiger charge is 2.21. The molecular formula is C19H24N2OS. The molecule has 3 aliphatic rings. The van der Waals surface area contributed by atoms with Crippen LogP contribution in [0.2, 0.25) is 0 Å². The van der Waals surface area contributed by atoms with E-state index in [4.69, 9.17) is 4.74 Å². The third-order valence-electron chi connectivity index (χ3n) is 5.25. The van der Waals surface area contributed by atoms with Crippen LogP contribution in [0.4, 0.5) is 0 Å². The fourth-order valence-electron chi connectivity index (χ4n) is 3.81. The average Bonchev–Trinajstić information content (AvgIpc) is 3.10. The Morgan fingerprint density at radius 1 is 1.35 bits per heavy atom. The van der Waals surface area contributed by atoms with Gasteiger partial charge < -0.3 is 9.64 Å². The number of hydrogen-bond donors (Lipinski definition) is 0. The number of piperidine rings is 1. The zero-order valence-corrected chi connectivity index (χ0v) is 14.6. The zero-order chi connectivity index (χ0) is 15.6. The van der Waals surface area contributed by atoms with Gasteiger partial charge >= 0.3 is 0 Å². The highest BCUT2D eigenvalue weighted by atomic mass is 32.1. The molecule has 1 aliphatic carbocycles. The minimum Gasteiger partial charge on any atom is -0.492 e. The second-order valence-electron chi connectivity index (χ2n) is 6.66. The van der Waals surface area contributed by atoms with Crippen molar-refractivity contribution < 1.29 is 4.74 Å². The summed E-state index contributed by atoms with van der Waals surface area (Å²) in [5.74, 6) is 1.67. The van der Waals surface area contributed by atoms with Crippen LogP contribution >= 0.6 is 11.3 Å². The normalized spacial score (nSPS) is 21.0. The van der Waals surface area contributed by atoms with E-state index in [1.807, 2.05) is 17.4 Å². The van der Waals surface area contributed by atoms with Crippen molar-refractivity contribution in [3.05, 3.63) is 38.3 Å². The van der Waals surface area contributed by atoms with Gasteiger partial charge in [-0.3, -0.25) is 0 Å². The van der Waals surface area contributed by atoms with E-state index in [-0.39, 0.29) is 0 Å². The summed E-state index contributed by atoms with van der Waals surface area (Å²) in [4.78, 5) is 8.60. The molecule has 1 aromatic rings. The summed E-state index contributed by atoms with van der Waals surface area (Å²) in [7, 11) is 0. The summed E-state index contributed by atoms with van der Waals surface area (Å²) in [5, 5.41) is 1.26. The number of fused-ring (bicyclic) bond motifs is 3. The summed E-state index contributed by atoms with van der Waals surface area (Å²) >= 11 is 1.84. The summed E-state index contributed by atoms with van der Waals surface area (Å²) in [6.07, 6.45) is 9.92. The summed E-state index contributed by atoms with van der Waals surface area (Å²) < 4.78 is 7.41. The molecule has 1 fully saturated rings. The minimum atomic E-state index is 0.679. The van der Waals surface area contributed by atoms with E-state index in [0.29, 0.717) is 5.92 Å². The molecule has 0 aromatic carbocycles. The highest BCUT2D eigenvalue weighted by Crippen LogP contribution is 2.23.